The fourth-order valence-electron chi connectivity index (χ4n) is 2.44. The molecule has 128 valence electrons. The van der Waals surface area contributed by atoms with Gasteiger partial charge in [-0.25, -0.2) is 0 Å². The van der Waals surface area contributed by atoms with Crippen molar-refractivity contribution in [3.05, 3.63) is 65.7 Å². The highest BCUT2D eigenvalue weighted by Crippen LogP contribution is 2.12. The molecule has 0 atom stereocenters. The van der Waals surface area contributed by atoms with Crippen molar-refractivity contribution in [3.8, 4) is 0 Å². The zero-order valence-corrected chi connectivity index (χ0v) is 15.7. The van der Waals surface area contributed by atoms with E-state index >= 15 is 0 Å². The van der Waals surface area contributed by atoms with E-state index in [-0.39, 0.29) is 0 Å². The molecule has 2 rings (SSSR count). The van der Waals surface area contributed by atoms with Crippen LogP contribution in [0.1, 0.15) is 18.1 Å². The fourth-order valence-corrected chi connectivity index (χ4v) is 2.71. The molecule has 0 aliphatic carbocycles. The Morgan fingerprint density at radius 2 is 1.67 bits per heavy atom. The lowest BCUT2D eigenvalue weighted by Gasteiger charge is -2.26. The molecule has 0 aliphatic heterocycles. The van der Waals surface area contributed by atoms with E-state index in [4.69, 9.17) is 12.2 Å². The van der Waals surface area contributed by atoms with Crippen molar-refractivity contribution in [2.45, 2.75) is 19.9 Å². The topological polar surface area (TPSA) is 19.7 Å². The lowest BCUT2D eigenvalue weighted by Crippen LogP contribution is -3.06. The molecule has 0 unspecified atom stereocenters. The molecule has 2 N–H and O–H groups in total. The van der Waals surface area contributed by atoms with Gasteiger partial charge in [0.15, 0.2) is 5.11 Å². The van der Waals surface area contributed by atoms with E-state index in [9.17, 15) is 0 Å². The predicted octanol–water partition coefficient (Wildman–Crippen LogP) is 2.59. The first kappa shape index (κ1) is 18.4. The first-order valence-electron chi connectivity index (χ1n) is 8.56. The molecule has 0 saturated carbocycles. The molecule has 0 aromatic heterocycles. The zero-order chi connectivity index (χ0) is 17.4. The molecule has 0 amide bonds. The van der Waals surface area contributed by atoms with Crippen LogP contribution in [0.25, 0.3) is 0 Å². The number of nitrogens with one attached hydrogen (secondary N) is 2. The Morgan fingerprint density at radius 3 is 2.25 bits per heavy atom. The number of nitrogens with zero attached hydrogens (tertiary/aromatic N) is 1. The number of benzene rings is 2. The average Bonchev–Trinajstić information content (AvgIpc) is 2.60. The van der Waals surface area contributed by atoms with E-state index in [1.807, 2.05) is 6.07 Å². The normalized spacial score (nSPS) is 10.7. The largest absolute Gasteiger partial charge is 0.339 e. The van der Waals surface area contributed by atoms with Gasteiger partial charge in [-0.15, -0.1) is 0 Å². The summed E-state index contributed by atoms with van der Waals surface area (Å²) in [6, 6.07) is 19.0. The molecular formula is C20H28N3S+. The lowest BCUT2D eigenvalue weighted by molar-refractivity contribution is -0.857. The third-order valence-electron chi connectivity index (χ3n) is 4.00. The summed E-state index contributed by atoms with van der Waals surface area (Å²) in [5, 5.41) is 4.17. The molecule has 2 aromatic carbocycles. The number of rotatable bonds is 7. The molecule has 3 nitrogen and oxygen atoms in total. The van der Waals surface area contributed by atoms with Crippen molar-refractivity contribution < 1.29 is 4.90 Å². The van der Waals surface area contributed by atoms with Gasteiger partial charge in [0, 0.05) is 12.2 Å². The number of thiocarbonyl (C=S) groups is 1. The zero-order valence-electron chi connectivity index (χ0n) is 14.9. The van der Waals surface area contributed by atoms with E-state index < -0.39 is 0 Å². The summed E-state index contributed by atoms with van der Waals surface area (Å²) in [5.74, 6) is 0. The second-order valence-electron chi connectivity index (χ2n) is 6.34. The van der Waals surface area contributed by atoms with Crippen LogP contribution in [-0.2, 0) is 13.0 Å². The van der Waals surface area contributed by atoms with Crippen LogP contribution in [0.5, 0.6) is 0 Å². The maximum absolute atomic E-state index is 5.68. The Morgan fingerprint density at radius 1 is 1.00 bits per heavy atom. The predicted molar refractivity (Wildman–Crippen MR) is 107 cm³/mol. The first-order chi connectivity index (χ1) is 11.6. The summed E-state index contributed by atoms with van der Waals surface area (Å²) < 4.78 is 0. The number of likely N-dealkylation sites (N-methyl/N-ethyl adjacent to an activating group) is 1. The number of anilines is 1. The molecule has 0 saturated heterocycles. The SMILES string of the molecule is CCc1ccc(NC(=S)N(CC[NH+](C)C)Cc2ccccc2)cc1. The van der Waals surface area contributed by atoms with Gasteiger partial charge in [0.25, 0.3) is 0 Å². The van der Waals surface area contributed by atoms with Crippen LogP contribution in [0.15, 0.2) is 54.6 Å². The molecule has 0 heterocycles. The summed E-state index contributed by atoms with van der Waals surface area (Å²) in [5.41, 5.74) is 3.66. The average molecular weight is 343 g/mol. The van der Waals surface area contributed by atoms with Gasteiger partial charge in [-0.1, -0.05) is 49.4 Å². The van der Waals surface area contributed by atoms with Crippen LogP contribution in [-0.4, -0.2) is 37.2 Å². The van der Waals surface area contributed by atoms with Gasteiger partial charge in [0.1, 0.15) is 0 Å². The third-order valence-corrected chi connectivity index (χ3v) is 4.36. The second kappa shape index (κ2) is 9.40. The third kappa shape index (κ3) is 5.95. The van der Waals surface area contributed by atoms with Crippen molar-refractivity contribution >= 4 is 23.0 Å². The van der Waals surface area contributed by atoms with Gasteiger partial charge < -0.3 is 15.1 Å². The van der Waals surface area contributed by atoms with Crippen molar-refractivity contribution in [2.75, 3.05) is 32.5 Å². The Hall–Kier alpha value is -1.91. The quantitative estimate of drug-likeness (QED) is 0.755. The Bertz CT molecular complexity index is 623. The molecule has 0 bridgehead atoms. The van der Waals surface area contributed by atoms with E-state index in [0.717, 1.165) is 36.9 Å². The van der Waals surface area contributed by atoms with Crippen molar-refractivity contribution in [1.29, 1.82) is 0 Å². The maximum atomic E-state index is 5.68. The minimum atomic E-state index is 0.782. The molecule has 24 heavy (non-hydrogen) atoms. The monoisotopic (exact) mass is 342 g/mol. The molecule has 0 radical (unpaired) electrons. The Labute approximate surface area is 151 Å². The van der Waals surface area contributed by atoms with Gasteiger partial charge in [-0.2, -0.15) is 0 Å². The van der Waals surface area contributed by atoms with Gasteiger partial charge in [-0.3, -0.25) is 0 Å². The molecule has 0 aliphatic rings. The maximum Gasteiger partial charge on any atom is 0.173 e. The number of quaternary nitrogens is 1. The van der Waals surface area contributed by atoms with E-state index in [2.05, 4.69) is 79.8 Å². The van der Waals surface area contributed by atoms with Gasteiger partial charge in [-0.05, 0) is 41.9 Å². The minimum absolute atomic E-state index is 0.782. The molecule has 4 heteroatoms. The molecule has 0 fully saturated rings. The number of hydrogen-bond acceptors (Lipinski definition) is 1. The smallest absolute Gasteiger partial charge is 0.173 e. The first-order valence-corrected chi connectivity index (χ1v) is 8.97. The van der Waals surface area contributed by atoms with E-state index in [0.29, 0.717) is 0 Å². The van der Waals surface area contributed by atoms with Crippen molar-refractivity contribution in [1.82, 2.24) is 4.90 Å². The summed E-state index contributed by atoms with van der Waals surface area (Å²) >= 11 is 5.68. The molecular weight excluding hydrogens is 314 g/mol. The summed E-state index contributed by atoms with van der Waals surface area (Å²) in [6.45, 7) is 4.96. The number of hydrogen-bond donors (Lipinski definition) is 2. The highest BCUT2D eigenvalue weighted by molar-refractivity contribution is 7.80. The Kier molecular flexibility index (Phi) is 7.22. The van der Waals surface area contributed by atoms with E-state index in [1.165, 1.54) is 16.0 Å². The minimum Gasteiger partial charge on any atom is -0.339 e. The van der Waals surface area contributed by atoms with Crippen LogP contribution < -0.4 is 10.2 Å². The van der Waals surface area contributed by atoms with Crippen LogP contribution in [0.2, 0.25) is 0 Å². The standard InChI is InChI=1S/C20H27N3S/c1-4-17-10-12-19(13-11-17)21-20(24)23(15-14-22(2)3)16-18-8-6-5-7-9-18/h5-13H,4,14-16H2,1-3H3,(H,21,24)/p+1. The highest BCUT2D eigenvalue weighted by atomic mass is 32.1. The highest BCUT2D eigenvalue weighted by Gasteiger charge is 2.12. The fraction of sp³-hybridized carbons (Fsp3) is 0.350. The van der Waals surface area contributed by atoms with Gasteiger partial charge in [0.2, 0.25) is 0 Å². The molecule has 2 aromatic rings. The second-order valence-corrected chi connectivity index (χ2v) is 6.73. The van der Waals surface area contributed by atoms with E-state index in [1.54, 1.807) is 0 Å². The summed E-state index contributed by atoms with van der Waals surface area (Å²) in [4.78, 5) is 3.66. The lowest BCUT2D eigenvalue weighted by atomic mass is 10.1. The van der Waals surface area contributed by atoms with Gasteiger partial charge in [0.05, 0.1) is 27.2 Å². The Balaban J connectivity index is 2.04. The molecule has 0 spiro atoms. The van der Waals surface area contributed by atoms with Crippen LogP contribution in [0.3, 0.4) is 0 Å². The van der Waals surface area contributed by atoms with Crippen molar-refractivity contribution in [3.63, 3.8) is 0 Å². The summed E-state index contributed by atoms with van der Waals surface area (Å²) in [7, 11) is 4.33. The van der Waals surface area contributed by atoms with Gasteiger partial charge >= 0.3 is 0 Å². The van der Waals surface area contributed by atoms with Crippen LogP contribution >= 0.6 is 12.2 Å². The van der Waals surface area contributed by atoms with Crippen LogP contribution in [0, 0.1) is 0 Å². The summed E-state index contributed by atoms with van der Waals surface area (Å²) in [6.07, 6.45) is 1.05. The van der Waals surface area contributed by atoms with Crippen LogP contribution in [0.4, 0.5) is 5.69 Å². The van der Waals surface area contributed by atoms with Crippen molar-refractivity contribution in [2.24, 2.45) is 0 Å². The number of aryl methyl sites for hydroxylation is 1.